The highest BCUT2D eigenvalue weighted by Crippen LogP contribution is 2.03. The predicted octanol–water partition coefficient (Wildman–Crippen LogP) is 0.978. The zero-order valence-electron chi connectivity index (χ0n) is 15.4. The molecule has 0 aromatic carbocycles. The highest BCUT2D eigenvalue weighted by molar-refractivity contribution is 14.0. The monoisotopic (exact) mass is 463 g/mol. The van der Waals surface area contributed by atoms with Crippen LogP contribution < -0.4 is 5.32 Å². The van der Waals surface area contributed by atoms with Gasteiger partial charge in [-0.15, -0.1) is 34.2 Å². The van der Waals surface area contributed by atoms with Crippen LogP contribution in [0.25, 0.3) is 0 Å². The summed E-state index contributed by atoms with van der Waals surface area (Å²) in [5.74, 6) is 2.08. The molecule has 1 aromatic rings. The Morgan fingerprint density at radius 1 is 1.24 bits per heavy atom. The number of carbonyl (C=O) groups excluding carboxylic acids is 1. The molecule has 1 amide bonds. The number of aromatic nitrogens is 3. The van der Waals surface area contributed by atoms with Crippen LogP contribution in [-0.2, 0) is 17.8 Å². The second kappa shape index (κ2) is 11.3. The number of carbonyl (C=O) groups is 1. The van der Waals surface area contributed by atoms with Gasteiger partial charge in [-0.05, 0) is 6.42 Å². The van der Waals surface area contributed by atoms with E-state index in [-0.39, 0.29) is 29.9 Å². The van der Waals surface area contributed by atoms with Crippen molar-refractivity contribution in [1.29, 1.82) is 0 Å². The molecule has 0 aliphatic carbocycles. The summed E-state index contributed by atoms with van der Waals surface area (Å²) in [4.78, 5) is 20.3. The number of nitrogens with one attached hydrogen (secondary N) is 1. The lowest BCUT2D eigenvalue weighted by atomic mass is 10.3. The highest BCUT2D eigenvalue weighted by Gasteiger charge is 2.20. The molecule has 2 rings (SSSR count). The Bertz CT molecular complexity index is 552. The van der Waals surface area contributed by atoms with Gasteiger partial charge in [0.15, 0.2) is 5.96 Å². The van der Waals surface area contributed by atoms with Crippen molar-refractivity contribution in [3.8, 4) is 0 Å². The molecule has 1 fully saturated rings. The van der Waals surface area contributed by atoms with E-state index < -0.39 is 0 Å². The average Bonchev–Trinajstić information content (AvgIpc) is 3.05. The van der Waals surface area contributed by atoms with Crippen molar-refractivity contribution in [3.05, 3.63) is 12.2 Å². The maximum absolute atomic E-state index is 11.5. The van der Waals surface area contributed by atoms with Crippen molar-refractivity contribution >= 4 is 35.8 Å². The van der Waals surface area contributed by atoms with Gasteiger partial charge in [-0.25, -0.2) is 0 Å². The summed E-state index contributed by atoms with van der Waals surface area (Å²) in [7, 11) is 0. The first-order valence-electron chi connectivity index (χ1n) is 8.81. The second-order valence-electron chi connectivity index (χ2n) is 5.92. The number of hydrogen-bond acceptors (Lipinski definition) is 4. The van der Waals surface area contributed by atoms with Crippen LogP contribution in [-0.4, -0.2) is 75.7 Å². The van der Waals surface area contributed by atoms with E-state index in [1.807, 2.05) is 4.90 Å². The first-order chi connectivity index (χ1) is 11.7. The van der Waals surface area contributed by atoms with Crippen LogP contribution in [0.3, 0.4) is 0 Å². The summed E-state index contributed by atoms with van der Waals surface area (Å²) in [6.45, 7) is 11.4. The topological polar surface area (TPSA) is 78.7 Å². The van der Waals surface area contributed by atoms with E-state index in [4.69, 9.17) is 0 Å². The fraction of sp³-hybridized carbons (Fsp3) is 0.750. The molecule has 0 bridgehead atoms. The third-order valence-corrected chi connectivity index (χ3v) is 4.16. The van der Waals surface area contributed by atoms with Crippen LogP contribution >= 0.6 is 24.0 Å². The molecular formula is C16H30IN7O. The first kappa shape index (κ1) is 21.7. The van der Waals surface area contributed by atoms with Crippen molar-refractivity contribution in [2.45, 2.75) is 40.2 Å². The van der Waals surface area contributed by atoms with Crippen molar-refractivity contribution in [2.75, 3.05) is 39.3 Å². The van der Waals surface area contributed by atoms with Crippen molar-refractivity contribution in [3.63, 3.8) is 0 Å². The van der Waals surface area contributed by atoms with Gasteiger partial charge in [0.25, 0.3) is 0 Å². The number of guanidine groups is 1. The molecular weight excluding hydrogens is 433 g/mol. The molecule has 0 unspecified atom stereocenters. The maximum atomic E-state index is 11.5. The van der Waals surface area contributed by atoms with Gasteiger partial charge in [-0.2, -0.15) is 0 Å². The molecule has 1 aromatic heterocycles. The fourth-order valence-corrected chi connectivity index (χ4v) is 2.75. The lowest BCUT2D eigenvalue weighted by Crippen LogP contribution is -2.53. The van der Waals surface area contributed by atoms with Crippen LogP contribution in [0.2, 0.25) is 0 Å². The molecule has 25 heavy (non-hydrogen) atoms. The zero-order chi connectivity index (χ0) is 17.4. The summed E-state index contributed by atoms with van der Waals surface area (Å²) in [6.07, 6.45) is 3.67. The van der Waals surface area contributed by atoms with E-state index in [1.54, 1.807) is 13.3 Å². The SMILES string of the molecule is CCCN=C(NCCn1cnnc1CC)N1CCN(C(C)=O)CC1.I. The molecule has 1 aliphatic heterocycles. The summed E-state index contributed by atoms with van der Waals surface area (Å²) in [5, 5.41) is 11.5. The average molecular weight is 463 g/mol. The Balaban J connectivity index is 0.00000312. The molecule has 8 nitrogen and oxygen atoms in total. The highest BCUT2D eigenvalue weighted by atomic mass is 127. The van der Waals surface area contributed by atoms with Crippen molar-refractivity contribution in [1.82, 2.24) is 29.9 Å². The van der Waals surface area contributed by atoms with Gasteiger partial charge in [0, 0.05) is 59.2 Å². The quantitative estimate of drug-likeness (QED) is 0.387. The molecule has 9 heteroatoms. The predicted molar refractivity (Wildman–Crippen MR) is 109 cm³/mol. The number of halogens is 1. The Kier molecular flexibility index (Phi) is 9.76. The Labute approximate surface area is 167 Å². The van der Waals surface area contributed by atoms with Crippen LogP contribution in [0, 0.1) is 0 Å². The molecule has 142 valence electrons. The molecule has 1 saturated heterocycles. The van der Waals surface area contributed by atoms with E-state index >= 15 is 0 Å². The van der Waals surface area contributed by atoms with Crippen LogP contribution in [0.5, 0.6) is 0 Å². The van der Waals surface area contributed by atoms with Gasteiger partial charge >= 0.3 is 0 Å². The molecule has 0 saturated carbocycles. The minimum absolute atomic E-state index is 0. The van der Waals surface area contributed by atoms with Gasteiger partial charge in [0.05, 0.1) is 0 Å². The van der Waals surface area contributed by atoms with Gasteiger partial charge in [0.1, 0.15) is 12.2 Å². The van der Waals surface area contributed by atoms with E-state index in [1.165, 1.54) is 0 Å². The Morgan fingerprint density at radius 3 is 2.52 bits per heavy atom. The third-order valence-electron chi connectivity index (χ3n) is 4.16. The summed E-state index contributed by atoms with van der Waals surface area (Å²) < 4.78 is 2.07. The molecule has 0 atom stereocenters. The smallest absolute Gasteiger partial charge is 0.219 e. The summed E-state index contributed by atoms with van der Waals surface area (Å²) in [5.41, 5.74) is 0. The Morgan fingerprint density at radius 2 is 1.92 bits per heavy atom. The first-order valence-corrected chi connectivity index (χ1v) is 8.81. The van der Waals surface area contributed by atoms with Crippen LogP contribution in [0.4, 0.5) is 0 Å². The number of aliphatic imine (C=N–C) groups is 1. The number of nitrogens with zero attached hydrogens (tertiary/aromatic N) is 6. The van der Waals surface area contributed by atoms with E-state index in [9.17, 15) is 4.79 Å². The molecule has 0 spiro atoms. The van der Waals surface area contributed by atoms with E-state index in [0.29, 0.717) is 0 Å². The summed E-state index contributed by atoms with van der Waals surface area (Å²) in [6, 6.07) is 0. The lowest BCUT2D eigenvalue weighted by molar-refractivity contribution is -0.130. The van der Waals surface area contributed by atoms with Gasteiger partial charge < -0.3 is 19.7 Å². The largest absolute Gasteiger partial charge is 0.354 e. The normalized spacial score (nSPS) is 15.1. The third kappa shape index (κ3) is 6.44. The maximum Gasteiger partial charge on any atom is 0.219 e. The number of rotatable bonds is 6. The Hall–Kier alpha value is -1.39. The van der Waals surface area contributed by atoms with Gasteiger partial charge in [-0.3, -0.25) is 9.79 Å². The van der Waals surface area contributed by atoms with E-state index in [0.717, 1.165) is 70.4 Å². The standard InChI is InChI=1S/C16H29N7O.HI/c1-4-6-17-16(22-11-9-21(10-12-22)14(3)24)18-7-8-23-13-19-20-15(23)5-2;/h13H,4-12H2,1-3H3,(H,17,18);1H. The van der Waals surface area contributed by atoms with Crippen LogP contribution in [0.1, 0.15) is 33.0 Å². The van der Waals surface area contributed by atoms with Gasteiger partial charge in [0.2, 0.25) is 5.91 Å². The van der Waals surface area contributed by atoms with Crippen molar-refractivity contribution < 1.29 is 4.79 Å². The summed E-state index contributed by atoms with van der Waals surface area (Å²) >= 11 is 0. The number of aryl methyl sites for hydroxylation is 1. The molecule has 1 aliphatic rings. The van der Waals surface area contributed by atoms with Crippen molar-refractivity contribution in [2.24, 2.45) is 4.99 Å². The van der Waals surface area contributed by atoms with E-state index in [2.05, 4.69) is 43.8 Å². The molecule has 1 N–H and O–H groups in total. The van der Waals surface area contributed by atoms with Crippen LogP contribution in [0.15, 0.2) is 11.3 Å². The fourth-order valence-electron chi connectivity index (χ4n) is 2.75. The zero-order valence-corrected chi connectivity index (χ0v) is 17.8. The van der Waals surface area contributed by atoms with Gasteiger partial charge in [-0.1, -0.05) is 13.8 Å². The minimum Gasteiger partial charge on any atom is -0.354 e. The number of piperazine rings is 1. The minimum atomic E-state index is 0. The number of amides is 1. The second-order valence-corrected chi connectivity index (χ2v) is 5.92. The molecule has 2 heterocycles. The number of hydrogen-bond donors (Lipinski definition) is 1. The lowest BCUT2D eigenvalue weighted by Gasteiger charge is -2.36. The molecule has 0 radical (unpaired) electrons.